The molecule has 2 unspecified atom stereocenters. The van der Waals surface area contributed by atoms with Crippen molar-refractivity contribution in [3.05, 3.63) is 34.9 Å². The van der Waals surface area contributed by atoms with E-state index in [1.54, 1.807) is 0 Å². The van der Waals surface area contributed by atoms with Gasteiger partial charge in [-0.25, -0.2) is 0 Å². The monoisotopic (exact) mass is 268 g/mol. The van der Waals surface area contributed by atoms with E-state index in [1.807, 2.05) is 36.1 Å². The molecule has 1 aromatic carbocycles. The van der Waals surface area contributed by atoms with Crippen molar-refractivity contribution < 1.29 is 9.90 Å². The molecule has 1 heterocycles. The van der Waals surface area contributed by atoms with Crippen molar-refractivity contribution in [2.45, 2.75) is 19.0 Å². The summed E-state index contributed by atoms with van der Waals surface area (Å²) >= 11 is 5.98. The second-order valence-electron chi connectivity index (χ2n) is 4.53. The number of carbonyl (C=O) groups is 1. The van der Waals surface area contributed by atoms with Gasteiger partial charge in [-0.05, 0) is 24.6 Å². The van der Waals surface area contributed by atoms with Crippen molar-refractivity contribution >= 4 is 17.6 Å². The third-order valence-corrected chi connectivity index (χ3v) is 3.63. The van der Waals surface area contributed by atoms with Gasteiger partial charge in [0, 0.05) is 30.7 Å². The minimum absolute atomic E-state index is 0.0481. The van der Waals surface area contributed by atoms with Crippen LogP contribution in [0.15, 0.2) is 24.3 Å². The first-order chi connectivity index (χ1) is 8.59. The summed E-state index contributed by atoms with van der Waals surface area (Å²) in [7, 11) is 0. The molecule has 98 valence electrons. The summed E-state index contributed by atoms with van der Waals surface area (Å²) in [6.45, 7) is 4.05. The van der Waals surface area contributed by atoms with Crippen LogP contribution in [-0.2, 0) is 4.79 Å². The molecule has 0 aromatic heterocycles. The lowest BCUT2D eigenvalue weighted by Crippen LogP contribution is -2.55. The smallest absolute Gasteiger partial charge is 0.322 e. The highest BCUT2D eigenvalue weighted by molar-refractivity contribution is 6.30. The van der Waals surface area contributed by atoms with Gasteiger partial charge < -0.3 is 10.4 Å². The molecular formula is C13H17ClN2O2. The number of benzene rings is 1. The van der Waals surface area contributed by atoms with Gasteiger partial charge in [0.05, 0.1) is 0 Å². The first-order valence-electron chi connectivity index (χ1n) is 6.04. The highest BCUT2D eigenvalue weighted by Crippen LogP contribution is 2.25. The normalized spacial score (nSPS) is 22.7. The second kappa shape index (κ2) is 5.69. The Labute approximate surface area is 112 Å². The maximum atomic E-state index is 11.3. The molecule has 5 heteroatoms. The summed E-state index contributed by atoms with van der Waals surface area (Å²) in [6.07, 6.45) is 0. The van der Waals surface area contributed by atoms with E-state index in [9.17, 15) is 9.90 Å². The van der Waals surface area contributed by atoms with Gasteiger partial charge in [-0.15, -0.1) is 0 Å². The molecule has 0 saturated carbocycles. The molecule has 2 rings (SSSR count). The molecule has 1 saturated heterocycles. The third-order valence-electron chi connectivity index (χ3n) is 3.40. The molecule has 0 bridgehead atoms. The fourth-order valence-corrected chi connectivity index (χ4v) is 2.57. The Bertz CT molecular complexity index is 439. The van der Waals surface area contributed by atoms with Crippen LogP contribution in [0.2, 0.25) is 5.02 Å². The standard InChI is InChI=1S/C13H17ClN2O2/c1-9(10-3-2-4-11(14)7-10)16-6-5-15-8-12(16)13(17)18/h2-4,7,9,12,15H,5-6,8H2,1H3,(H,17,18). The number of rotatable bonds is 3. The maximum absolute atomic E-state index is 11.3. The minimum Gasteiger partial charge on any atom is -0.480 e. The maximum Gasteiger partial charge on any atom is 0.322 e. The highest BCUT2D eigenvalue weighted by Gasteiger charge is 2.32. The van der Waals surface area contributed by atoms with Gasteiger partial charge >= 0.3 is 5.97 Å². The molecule has 0 spiro atoms. The van der Waals surface area contributed by atoms with Crippen molar-refractivity contribution in [1.82, 2.24) is 10.2 Å². The topological polar surface area (TPSA) is 52.6 Å². The molecule has 2 N–H and O–H groups in total. The molecule has 1 aliphatic rings. The number of piperazine rings is 1. The summed E-state index contributed by atoms with van der Waals surface area (Å²) < 4.78 is 0. The number of hydrogen-bond acceptors (Lipinski definition) is 3. The van der Waals surface area contributed by atoms with Gasteiger partial charge in [-0.1, -0.05) is 23.7 Å². The third kappa shape index (κ3) is 2.83. The molecule has 0 aliphatic carbocycles. The van der Waals surface area contributed by atoms with Gasteiger partial charge in [-0.3, -0.25) is 9.69 Å². The molecule has 1 aliphatic heterocycles. The van der Waals surface area contributed by atoms with Crippen LogP contribution in [0, 0.1) is 0 Å². The molecule has 1 aromatic rings. The SMILES string of the molecule is CC(c1cccc(Cl)c1)N1CCNCC1C(=O)O. The molecule has 18 heavy (non-hydrogen) atoms. The zero-order valence-corrected chi connectivity index (χ0v) is 11.0. The molecule has 1 fully saturated rings. The van der Waals surface area contributed by atoms with Gasteiger partial charge in [0.25, 0.3) is 0 Å². The molecule has 0 amide bonds. The van der Waals surface area contributed by atoms with Gasteiger partial charge in [0.2, 0.25) is 0 Å². The van der Waals surface area contributed by atoms with Crippen LogP contribution >= 0.6 is 11.6 Å². The summed E-state index contributed by atoms with van der Waals surface area (Å²) in [5.41, 5.74) is 1.05. The van der Waals surface area contributed by atoms with Crippen molar-refractivity contribution in [1.29, 1.82) is 0 Å². The van der Waals surface area contributed by atoms with Gasteiger partial charge in [0.15, 0.2) is 0 Å². The first kappa shape index (κ1) is 13.3. The van der Waals surface area contributed by atoms with Crippen LogP contribution in [-0.4, -0.2) is 41.7 Å². The second-order valence-corrected chi connectivity index (χ2v) is 4.96. The van der Waals surface area contributed by atoms with E-state index in [4.69, 9.17) is 11.6 Å². The predicted octanol–water partition coefficient (Wildman–Crippen LogP) is 1.76. The van der Waals surface area contributed by atoms with E-state index in [-0.39, 0.29) is 6.04 Å². The van der Waals surface area contributed by atoms with Crippen molar-refractivity contribution in [3.63, 3.8) is 0 Å². The van der Waals surface area contributed by atoms with E-state index in [0.29, 0.717) is 11.6 Å². The zero-order valence-electron chi connectivity index (χ0n) is 10.3. The Hall–Kier alpha value is -1.10. The largest absolute Gasteiger partial charge is 0.480 e. The van der Waals surface area contributed by atoms with Crippen LogP contribution in [0.3, 0.4) is 0 Å². The number of nitrogens with zero attached hydrogens (tertiary/aromatic N) is 1. The van der Waals surface area contributed by atoms with Crippen LogP contribution in [0.5, 0.6) is 0 Å². The Morgan fingerprint density at radius 3 is 3.06 bits per heavy atom. The lowest BCUT2D eigenvalue weighted by Gasteiger charge is -2.38. The van der Waals surface area contributed by atoms with E-state index >= 15 is 0 Å². The van der Waals surface area contributed by atoms with E-state index < -0.39 is 12.0 Å². The number of halogens is 1. The predicted molar refractivity (Wildman–Crippen MR) is 70.9 cm³/mol. The highest BCUT2D eigenvalue weighted by atomic mass is 35.5. The lowest BCUT2D eigenvalue weighted by atomic mass is 10.0. The number of aliphatic carboxylic acids is 1. The number of hydrogen-bond donors (Lipinski definition) is 2. The Balaban J connectivity index is 2.20. The first-order valence-corrected chi connectivity index (χ1v) is 6.42. The van der Waals surface area contributed by atoms with Crippen LogP contribution in [0.25, 0.3) is 0 Å². The quantitative estimate of drug-likeness (QED) is 0.877. The summed E-state index contributed by atoms with van der Waals surface area (Å²) in [6, 6.07) is 7.17. The molecule has 0 radical (unpaired) electrons. The number of nitrogens with one attached hydrogen (secondary N) is 1. The average molecular weight is 269 g/mol. The van der Waals surface area contributed by atoms with E-state index in [2.05, 4.69) is 5.32 Å². The average Bonchev–Trinajstić information content (AvgIpc) is 2.38. The Morgan fingerprint density at radius 1 is 1.61 bits per heavy atom. The van der Waals surface area contributed by atoms with Gasteiger partial charge in [-0.2, -0.15) is 0 Å². The summed E-state index contributed by atoms with van der Waals surface area (Å²) in [5, 5.41) is 13.0. The van der Waals surface area contributed by atoms with Crippen molar-refractivity contribution in [2.75, 3.05) is 19.6 Å². The van der Waals surface area contributed by atoms with Gasteiger partial charge in [0.1, 0.15) is 6.04 Å². The number of carboxylic acids is 1. The van der Waals surface area contributed by atoms with Crippen LogP contribution in [0.1, 0.15) is 18.5 Å². The lowest BCUT2D eigenvalue weighted by molar-refractivity contribution is -0.145. The number of carboxylic acid groups (broad SMARTS) is 1. The van der Waals surface area contributed by atoms with E-state index in [1.165, 1.54) is 0 Å². The Kier molecular flexibility index (Phi) is 4.22. The molecule has 4 nitrogen and oxygen atoms in total. The minimum atomic E-state index is -0.781. The molecular weight excluding hydrogens is 252 g/mol. The Morgan fingerprint density at radius 2 is 2.39 bits per heavy atom. The fourth-order valence-electron chi connectivity index (χ4n) is 2.37. The fraction of sp³-hybridized carbons (Fsp3) is 0.462. The van der Waals surface area contributed by atoms with Crippen LogP contribution < -0.4 is 5.32 Å². The zero-order chi connectivity index (χ0) is 13.1. The van der Waals surface area contributed by atoms with Crippen molar-refractivity contribution in [2.24, 2.45) is 0 Å². The summed E-state index contributed by atoms with van der Waals surface area (Å²) in [5.74, 6) is -0.781. The van der Waals surface area contributed by atoms with Crippen molar-refractivity contribution in [3.8, 4) is 0 Å². The van der Waals surface area contributed by atoms with E-state index in [0.717, 1.165) is 18.7 Å². The summed E-state index contributed by atoms with van der Waals surface area (Å²) in [4.78, 5) is 13.3. The van der Waals surface area contributed by atoms with Crippen LogP contribution in [0.4, 0.5) is 0 Å². The molecule has 2 atom stereocenters.